The van der Waals surface area contributed by atoms with Crippen LogP contribution >= 0.6 is 22.9 Å². The van der Waals surface area contributed by atoms with Gasteiger partial charge in [0.25, 0.3) is 11.4 Å². The normalized spacial score (nSPS) is 11.2. The first-order chi connectivity index (χ1) is 15.9. The van der Waals surface area contributed by atoms with E-state index in [1.807, 2.05) is 5.38 Å². The molecule has 0 bridgehead atoms. The van der Waals surface area contributed by atoms with Crippen LogP contribution in [0.2, 0.25) is 5.02 Å². The number of nitro benzene ring substituents is 2. The Kier molecular flexibility index (Phi) is 6.38. The van der Waals surface area contributed by atoms with E-state index >= 15 is 0 Å². The SMILES string of the molecule is O=[N+]([O-])c1ccc(C(=NNc2nc(-c3ccc([N+](=O)[O-])cc3)cs2)c2ccc(Cl)cc2)cc1. The molecule has 164 valence electrons. The van der Waals surface area contributed by atoms with Crippen molar-refractivity contribution in [3.63, 3.8) is 0 Å². The molecule has 0 amide bonds. The van der Waals surface area contributed by atoms with Crippen LogP contribution in [0.4, 0.5) is 16.5 Å². The molecule has 0 fully saturated rings. The molecule has 0 aliphatic carbocycles. The quantitative estimate of drug-likeness (QED) is 0.193. The lowest BCUT2D eigenvalue weighted by atomic mass is 10.0. The minimum atomic E-state index is -0.462. The van der Waals surface area contributed by atoms with E-state index in [9.17, 15) is 20.2 Å². The molecule has 1 heterocycles. The van der Waals surface area contributed by atoms with Gasteiger partial charge in [0.05, 0.1) is 21.3 Å². The first-order valence-corrected chi connectivity index (χ1v) is 10.7. The zero-order chi connectivity index (χ0) is 23.4. The van der Waals surface area contributed by atoms with Crippen molar-refractivity contribution in [2.45, 2.75) is 0 Å². The molecule has 1 N–H and O–H groups in total. The maximum atomic E-state index is 11.0. The Balaban J connectivity index is 1.62. The number of anilines is 1. The summed E-state index contributed by atoms with van der Waals surface area (Å²) < 4.78 is 0. The molecule has 33 heavy (non-hydrogen) atoms. The van der Waals surface area contributed by atoms with Crippen LogP contribution in [0.1, 0.15) is 11.1 Å². The van der Waals surface area contributed by atoms with Crippen LogP contribution in [0, 0.1) is 20.2 Å². The second-order valence-corrected chi connectivity index (χ2v) is 8.02. The molecule has 0 spiro atoms. The second-order valence-electron chi connectivity index (χ2n) is 6.72. The third-order valence-corrected chi connectivity index (χ3v) is 5.61. The summed E-state index contributed by atoms with van der Waals surface area (Å²) in [5.74, 6) is 0. The van der Waals surface area contributed by atoms with Crippen molar-refractivity contribution < 1.29 is 9.85 Å². The van der Waals surface area contributed by atoms with Crippen LogP contribution in [-0.2, 0) is 0 Å². The van der Waals surface area contributed by atoms with Crippen molar-refractivity contribution in [2.75, 3.05) is 5.43 Å². The largest absolute Gasteiger partial charge is 0.269 e. The van der Waals surface area contributed by atoms with Gasteiger partial charge in [-0.2, -0.15) is 5.10 Å². The van der Waals surface area contributed by atoms with E-state index in [1.54, 1.807) is 48.5 Å². The fourth-order valence-electron chi connectivity index (χ4n) is 2.96. The Morgan fingerprint density at radius 1 is 0.848 bits per heavy atom. The van der Waals surface area contributed by atoms with Crippen molar-refractivity contribution in [3.05, 3.63) is 115 Å². The second kappa shape index (κ2) is 9.55. The van der Waals surface area contributed by atoms with E-state index in [-0.39, 0.29) is 11.4 Å². The number of non-ortho nitro benzene ring substituents is 2. The molecule has 0 saturated heterocycles. The zero-order valence-electron chi connectivity index (χ0n) is 16.7. The van der Waals surface area contributed by atoms with Gasteiger partial charge in [0.1, 0.15) is 0 Å². The minimum Gasteiger partial charge on any atom is -0.258 e. The highest BCUT2D eigenvalue weighted by Gasteiger charge is 2.12. The van der Waals surface area contributed by atoms with Gasteiger partial charge in [-0.1, -0.05) is 23.7 Å². The zero-order valence-corrected chi connectivity index (χ0v) is 18.3. The molecular weight excluding hydrogens is 466 g/mol. The molecule has 4 aromatic rings. The number of nitrogens with zero attached hydrogens (tertiary/aromatic N) is 4. The smallest absolute Gasteiger partial charge is 0.258 e. The third kappa shape index (κ3) is 5.20. The maximum absolute atomic E-state index is 11.0. The Morgan fingerprint density at radius 3 is 1.91 bits per heavy atom. The van der Waals surface area contributed by atoms with Crippen LogP contribution in [0.3, 0.4) is 0 Å². The molecular formula is C22H14ClN5O4S. The minimum absolute atomic E-state index is 0.00707. The first kappa shape index (κ1) is 22.1. The van der Waals surface area contributed by atoms with Gasteiger partial charge in [-0.05, 0) is 36.4 Å². The fourth-order valence-corrected chi connectivity index (χ4v) is 3.75. The first-order valence-electron chi connectivity index (χ1n) is 9.45. The lowest BCUT2D eigenvalue weighted by molar-refractivity contribution is -0.385. The highest BCUT2D eigenvalue weighted by atomic mass is 35.5. The van der Waals surface area contributed by atoms with E-state index in [0.717, 1.165) is 11.1 Å². The van der Waals surface area contributed by atoms with Crippen molar-refractivity contribution in [3.8, 4) is 11.3 Å². The van der Waals surface area contributed by atoms with Crippen molar-refractivity contribution in [1.29, 1.82) is 0 Å². The molecule has 3 aromatic carbocycles. The highest BCUT2D eigenvalue weighted by molar-refractivity contribution is 7.14. The van der Waals surface area contributed by atoms with E-state index in [2.05, 4.69) is 15.5 Å². The molecule has 11 heteroatoms. The lowest BCUT2D eigenvalue weighted by Gasteiger charge is -2.08. The number of nitro groups is 2. The summed E-state index contributed by atoms with van der Waals surface area (Å²) in [6, 6.07) is 19.2. The molecule has 0 radical (unpaired) electrons. The highest BCUT2D eigenvalue weighted by Crippen LogP contribution is 2.27. The third-order valence-electron chi connectivity index (χ3n) is 4.61. The molecule has 9 nitrogen and oxygen atoms in total. The summed E-state index contributed by atoms with van der Waals surface area (Å²) in [5.41, 5.74) is 6.29. The monoisotopic (exact) mass is 479 g/mol. The number of aromatic nitrogens is 1. The summed E-state index contributed by atoms with van der Waals surface area (Å²) in [5, 5.41) is 29.2. The van der Waals surface area contributed by atoms with Crippen molar-refractivity contribution >= 4 is 45.2 Å². The van der Waals surface area contributed by atoms with Crippen molar-refractivity contribution in [1.82, 2.24) is 4.98 Å². The number of nitrogens with one attached hydrogen (secondary N) is 1. The molecule has 0 aliphatic heterocycles. The Labute approximate surface area is 196 Å². The van der Waals surface area contributed by atoms with Gasteiger partial charge in [-0.25, -0.2) is 4.98 Å². The van der Waals surface area contributed by atoms with Gasteiger partial charge in [0, 0.05) is 51.4 Å². The van der Waals surface area contributed by atoms with Crippen LogP contribution in [0.15, 0.2) is 83.3 Å². The molecule has 0 atom stereocenters. The summed E-state index contributed by atoms with van der Waals surface area (Å²) in [6.45, 7) is 0. The Bertz CT molecular complexity index is 1340. The van der Waals surface area contributed by atoms with Crippen molar-refractivity contribution in [2.24, 2.45) is 5.10 Å². The molecule has 1 aromatic heterocycles. The number of hydrazone groups is 1. The van der Waals surface area contributed by atoms with Gasteiger partial charge in [-0.3, -0.25) is 25.7 Å². The van der Waals surface area contributed by atoms with Crippen LogP contribution in [0.25, 0.3) is 11.3 Å². The number of hydrogen-bond acceptors (Lipinski definition) is 8. The molecule has 4 rings (SSSR count). The van der Waals surface area contributed by atoms with Crippen LogP contribution < -0.4 is 5.43 Å². The molecule has 0 saturated carbocycles. The van der Waals surface area contributed by atoms with E-state index in [0.29, 0.717) is 27.1 Å². The standard InChI is InChI=1S/C22H14ClN5O4S/c23-17-7-1-15(2-8-17)21(16-5-11-19(12-6-16)28(31)32)25-26-22-24-20(13-33-22)14-3-9-18(10-4-14)27(29)30/h1-13H,(H,24,26). The molecule has 0 aliphatic rings. The number of benzene rings is 3. The maximum Gasteiger partial charge on any atom is 0.269 e. The van der Waals surface area contributed by atoms with E-state index in [4.69, 9.17) is 11.6 Å². The number of thiazole rings is 1. The van der Waals surface area contributed by atoms with Gasteiger partial charge in [0.2, 0.25) is 5.13 Å². The topological polar surface area (TPSA) is 124 Å². The van der Waals surface area contributed by atoms with E-state index in [1.165, 1.54) is 35.6 Å². The van der Waals surface area contributed by atoms with Gasteiger partial charge in [-0.15, -0.1) is 11.3 Å². The summed E-state index contributed by atoms with van der Waals surface area (Å²) >= 11 is 7.33. The van der Waals surface area contributed by atoms with Gasteiger partial charge in [0.15, 0.2) is 0 Å². The molecule has 0 unspecified atom stereocenters. The average Bonchev–Trinajstić information content (AvgIpc) is 3.30. The van der Waals surface area contributed by atoms with Gasteiger partial charge < -0.3 is 0 Å². The predicted molar refractivity (Wildman–Crippen MR) is 128 cm³/mol. The van der Waals surface area contributed by atoms with E-state index < -0.39 is 9.85 Å². The summed E-state index contributed by atoms with van der Waals surface area (Å²) in [6.07, 6.45) is 0. The lowest BCUT2D eigenvalue weighted by Crippen LogP contribution is -2.06. The number of hydrogen-bond donors (Lipinski definition) is 1. The predicted octanol–water partition coefficient (Wildman–Crippen LogP) is 6.14. The fraction of sp³-hybridized carbons (Fsp3) is 0. The number of rotatable bonds is 7. The van der Waals surface area contributed by atoms with Gasteiger partial charge >= 0.3 is 0 Å². The summed E-state index contributed by atoms with van der Waals surface area (Å²) in [7, 11) is 0. The Morgan fingerprint density at radius 2 is 1.36 bits per heavy atom. The Hall–Kier alpha value is -4.15. The summed E-state index contributed by atoms with van der Waals surface area (Å²) in [4.78, 5) is 25.4. The van der Waals surface area contributed by atoms with Crippen LogP contribution in [0.5, 0.6) is 0 Å². The average molecular weight is 480 g/mol. The number of halogens is 1. The van der Waals surface area contributed by atoms with Crippen LogP contribution in [-0.4, -0.2) is 20.5 Å².